The van der Waals surface area contributed by atoms with Crippen LogP contribution in [0.25, 0.3) is 33.3 Å². The number of hydrogen-bond donors (Lipinski definition) is 1. The van der Waals surface area contributed by atoms with Crippen LogP contribution in [0.3, 0.4) is 0 Å². The SMILES string of the molecule is COCc1cccc(-c2ccc(-c3cc(C(=O)O)c4cc(C(F)(F)F)ccc4n3)cc2)c1. The monoisotopic (exact) mass is 437 g/mol. The summed E-state index contributed by atoms with van der Waals surface area (Å²) < 4.78 is 44.4. The fourth-order valence-corrected chi connectivity index (χ4v) is 3.57. The first-order chi connectivity index (χ1) is 15.3. The number of pyridine rings is 1. The van der Waals surface area contributed by atoms with Crippen LogP contribution in [0.5, 0.6) is 0 Å². The van der Waals surface area contributed by atoms with E-state index < -0.39 is 17.7 Å². The molecule has 0 atom stereocenters. The fourth-order valence-electron chi connectivity index (χ4n) is 3.57. The van der Waals surface area contributed by atoms with E-state index >= 15 is 0 Å². The molecule has 0 saturated carbocycles. The van der Waals surface area contributed by atoms with Crippen molar-refractivity contribution >= 4 is 16.9 Å². The maximum atomic E-state index is 13.1. The molecule has 1 heterocycles. The van der Waals surface area contributed by atoms with Gasteiger partial charge in [0.1, 0.15) is 0 Å². The van der Waals surface area contributed by atoms with Crippen molar-refractivity contribution < 1.29 is 27.8 Å². The molecule has 0 saturated heterocycles. The molecule has 0 aliphatic heterocycles. The molecule has 0 aliphatic carbocycles. The second-order valence-electron chi connectivity index (χ2n) is 7.30. The summed E-state index contributed by atoms with van der Waals surface area (Å²) in [5.74, 6) is -1.32. The summed E-state index contributed by atoms with van der Waals surface area (Å²) in [5, 5.41) is 9.54. The van der Waals surface area contributed by atoms with Gasteiger partial charge in [0.05, 0.1) is 28.9 Å². The summed E-state index contributed by atoms with van der Waals surface area (Å²) in [7, 11) is 1.63. The van der Waals surface area contributed by atoms with Gasteiger partial charge in [-0.25, -0.2) is 9.78 Å². The van der Waals surface area contributed by atoms with E-state index in [9.17, 15) is 23.1 Å². The Bertz CT molecular complexity index is 1300. The highest BCUT2D eigenvalue weighted by molar-refractivity contribution is 6.04. The zero-order chi connectivity index (χ0) is 22.9. The number of methoxy groups -OCH3 is 1. The van der Waals surface area contributed by atoms with Crippen molar-refractivity contribution in [2.24, 2.45) is 0 Å². The molecule has 32 heavy (non-hydrogen) atoms. The number of hydrogen-bond acceptors (Lipinski definition) is 3. The lowest BCUT2D eigenvalue weighted by Crippen LogP contribution is -2.06. The molecule has 7 heteroatoms. The van der Waals surface area contributed by atoms with Gasteiger partial charge in [-0.1, -0.05) is 42.5 Å². The molecule has 1 N–H and O–H groups in total. The van der Waals surface area contributed by atoms with Crippen molar-refractivity contribution in [3.05, 3.63) is 89.5 Å². The predicted octanol–water partition coefficient (Wildman–Crippen LogP) is 6.43. The molecule has 0 unspecified atom stereocenters. The van der Waals surface area contributed by atoms with Gasteiger partial charge in [0, 0.05) is 18.1 Å². The number of aromatic nitrogens is 1. The fraction of sp³-hybridized carbons (Fsp3) is 0.120. The number of fused-ring (bicyclic) bond motifs is 1. The summed E-state index contributed by atoms with van der Waals surface area (Å²) in [6.45, 7) is 0.501. The first-order valence-corrected chi connectivity index (χ1v) is 9.70. The van der Waals surface area contributed by atoms with Gasteiger partial charge in [-0.3, -0.25) is 0 Å². The van der Waals surface area contributed by atoms with E-state index in [4.69, 9.17) is 4.74 Å². The molecule has 0 amide bonds. The zero-order valence-electron chi connectivity index (χ0n) is 17.0. The summed E-state index contributed by atoms with van der Waals surface area (Å²) >= 11 is 0. The highest BCUT2D eigenvalue weighted by Gasteiger charge is 2.31. The average Bonchev–Trinajstić information content (AvgIpc) is 2.78. The van der Waals surface area contributed by atoms with E-state index in [1.54, 1.807) is 7.11 Å². The summed E-state index contributed by atoms with van der Waals surface area (Å²) in [4.78, 5) is 16.2. The first-order valence-electron chi connectivity index (χ1n) is 9.70. The van der Waals surface area contributed by atoms with Crippen LogP contribution in [-0.2, 0) is 17.5 Å². The van der Waals surface area contributed by atoms with Crippen molar-refractivity contribution in [2.75, 3.05) is 7.11 Å². The van der Waals surface area contributed by atoms with Crippen LogP contribution >= 0.6 is 0 Å². The second-order valence-corrected chi connectivity index (χ2v) is 7.30. The molecule has 4 aromatic rings. The van der Waals surface area contributed by atoms with Crippen molar-refractivity contribution in [3.63, 3.8) is 0 Å². The lowest BCUT2D eigenvalue weighted by Gasteiger charge is -2.11. The Labute approximate surface area is 181 Å². The lowest BCUT2D eigenvalue weighted by molar-refractivity contribution is -0.137. The van der Waals surface area contributed by atoms with Gasteiger partial charge in [0.15, 0.2) is 0 Å². The minimum absolute atomic E-state index is 0.0531. The predicted molar refractivity (Wildman–Crippen MR) is 115 cm³/mol. The number of alkyl halides is 3. The third-order valence-electron chi connectivity index (χ3n) is 5.12. The average molecular weight is 437 g/mol. The third kappa shape index (κ3) is 4.33. The van der Waals surface area contributed by atoms with Crippen LogP contribution in [0.15, 0.2) is 72.8 Å². The van der Waals surface area contributed by atoms with Crippen molar-refractivity contribution in [1.82, 2.24) is 4.98 Å². The molecule has 0 spiro atoms. The van der Waals surface area contributed by atoms with Gasteiger partial charge in [0.2, 0.25) is 0 Å². The number of carboxylic acids is 1. The van der Waals surface area contributed by atoms with Crippen LogP contribution in [0.1, 0.15) is 21.5 Å². The zero-order valence-corrected chi connectivity index (χ0v) is 17.0. The molecule has 4 rings (SSSR count). The smallest absolute Gasteiger partial charge is 0.416 e. The van der Waals surface area contributed by atoms with Crippen LogP contribution in [0, 0.1) is 0 Å². The summed E-state index contributed by atoms with van der Waals surface area (Å²) in [6.07, 6.45) is -4.57. The molecule has 0 bridgehead atoms. The van der Waals surface area contributed by atoms with Crippen LogP contribution in [-0.4, -0.2) is 23.2 Å². The number of carbonyl (C=O) groups is 1. The highest BCUT2D eigenvalue weighted by Crippen LogP contribution is 2.33. The number of nitrogens with zero attached hydrogens (tertiary/aromatic N) is 1. The van der Waals surface area contributed by atoms with Gasteiger partial charge in [-0.15, -0.1) is 0 Å². The van der Waals surface area contributed by atoms with E-state index in [-0.39, 0.29) is 16.5 Å². The van der Waals surface area contributed by atoms with Crippen LogP contribution in [0.4, 0.5) is 13.2 Å². The molecule has 162 valence electrons. The Kier molecular flexibility index (Phi) is 5.67. The molecule has 3 aromatic carbocycles. The van der Waals surface area contributed by atoms with E-state index in [1.165, 1.54) is 12.1 Å². The molecule has 0 fully saturated rings. The Morgan fingerprint density at radius 2 is 1.66 bits per heavy atom. The third-order valence-corrected chi connectivity index (χ3v) is 5.12. The maximum absolute atomic E-state index is 13.1. The lowest BCUT2D eigenvalue weighted by atomic mass is 9.99. The largest absolute Gasteiger partial charge is 0.478 e. The van der Waals surface area contributed by atoms with Gasteiger partial charge >= 0.3 is 12.1 Å². The van der Waals surface area contributed by atoms with Crippen molar-refractivity contribution in [3.8, 4) is 22.4 Å². The Morgan fingerprint density at radius 1 is 0.938 bits per heavy atom. The quantitative estimate of drug-likeness (QED) is 0.391. The highest BCUT2D eigenvalue weighted by atomic mass is 19.4. The molecule has 4 nitrogen and oxygen atoms in total. The van der Waals surface area contributed by atoms with Gasteiger partial charge < -0.3 is 9.84 Å². The summed E-state index contributed by atoms with van der Waals surface area (Å²) in [6, 6.07) is 19.5. The van der Waals surface area contributed by atoms with E-state index in [0.717, 1.165) is 28.8 Å². The van der Waals surface area contributed by atoms with E-state index in [2.05, 4.69) is 4.98 Å². The molecule has 0 radical (unpaired) electrons. The Hall–Kier alpha value is -3.71. The minimum atomic E-state index is -4.57. The van der Waals surface area contributed by atoms with E-state index in [1.807, 2.05) is 48.5 Å². The second kappa shape index (κ2) is 8.43. The number of ether oxygens (including phenoxy) is 1. The number of carboxylic acid groups (broad SMARTS) is 1. The molecule has 1 aromatic heterocycles. The number of aromatic carboxylic acids is 1. The first kappa shape index (κ1) is 21.5. The molecule has 0 aliphatic rings. The number of halogens is 3. The Balaban J connectivity index is 1.75. The minimum Gasteiger partial charge on any atom is -0.478 e. The van der Waals surface area contributed by atoms with Crippen molar-refractivity contribution in [1.29, 1.82) is 0 Å². The Morgan fingerprint density at radius 3 is 2.31 bits per heavy atom. The topological polar surface area (TPSA) is 59.4 Å². The van der Waals surface area contributed by atoms with Crippen LogP contribution in [0.2, 0.25) is 0 Å². The maximum Gasteiger partial charge on any atom is 0.416 e. The number of rotatable bonds is 5. The van der Waals surface area contributed by atoms with E-state index in [0.29, 0.717) is 17.9 Å². The van der Waals surface area contributed by atoms with Gasteiger partial charge in [-0.05, 0) is 47.0 Å². The normalized spacial score (nSPS) is 11.6. The summed E-state index contributed by atoms with van der Waals surface area (Å²) in [5.41, 5.74) is 3.07. The molecular weight excluding hydrogens is 419 g/mol. The van der Waals surface area contributed by atoms with Crippen LogP contribution < -0.4 is 0 Å². The standard InChI is InChI=1S/C25H18F3NO3/c1-32-14-15-3-2-4-18(11-15)16-5-7-17(8-6-16)23-13-21(24(30)31)20-12-19(25(26,27)28)9-10-22(20)29-23/h2-13H,14H2,1H3,(H,30,31). The van der Waals surface area contributed by atoms with Crippen molar-refractivity contribution in [2.45, 2.75) is 12.8 Å². The molecular formula is C25H18F3NO3. The number of benzene rings is 3. The van der Waals surface area contributed by atoms with Gasteiger partial charge in [-0.2, -0.15) is 13.2 Å². The van der Waals surface area contributed by atoms with Gasteiger partial charge in [0.25, 0.3) is 0 Å².